The predicted molar refractivity (Wildman–Crippen MR) is 121 cm³/mol. The standard InChI is InChI=1S/C21H21BrN4O5S/c1-13-11-26(12-14(2)30-13)32(28,29)18-9-5-15(6-10-18)19(27)23-21-25-24-20(31-21)16-3-7-17(22)8-4-16/h3-10,13-14H,11-12H2,1-2H3,(H,23,25,27). The van der Waals surface area contributed by atoms with Crippen LogP contribution in [-0.2, 0) is 14.8 Å². The highest BCUT2D eigenvalue weighted by Crippen LogP contribution is 2.23. The zero-order valence-corrected chi connectivity index (χ0v) is 19.8. The SMILES string of the molecule is CC1CN(S(=O)(=O)c2ccc(C(=O)Nc3nnc(-c4ccc(Br)cc4)o3)cc2)CC(C)O1. The fourth-order valence-corrected chi connectivity index (χ4v) is 5.26. The summed E-state index contributed by atoms with van der Waals surface area (Å²) in [6.45, 7) is 4.25. The highest BCUT2D eigenvalue weighted by atomic mass is 79.9. The normalized spacial score (nSPS) is 19.6. The van der Waals surface area contributed by atoms with E-state index in [9.17, 15) is 13.2 Å². The van der Waals surface area contributed by atoms with Crippen molar-refractivity contribution in [3.63, 3.8) is 0 Å². The lowest BCUT2D eigenvalue weighted by Crippen LogP contribution is -2.48. The monoisotopic (exact) mass is 520 g/mol. The molecule has 11 heteroatoms. The summed E-state index contributed by atoms with van der Waals surface area (Å²) < 4.78 is 39.3. The largest absolute Gasteiger partial charge is 0.403 e. The summed E-state index contributed by atoms with van der Waals surface area (Å²) in [5.41, 5.74) is 0.971. The van der Waals surface area contributed by atoms with Gasteiger partial charge in [-0.2, -0.15) is 4.31 Å². The van der Waals surface area contributed by atoms with E-state index in [2.05, 4.69) is 31.4 Å². The van der Waals surface area contributed by atoms with Crippen molar-refractivity contribution in [1.82, 2.24) is 14.5 Å². The second kappa shape index (κ2) is 9.10. The van der Waals surface area contributed by atoms with E-state index in [4.69, 9.17) is 9.15 Å². The van der Waals surface area contributed by atoms with Crippen LogP contribution in [0, 0.1) is 0 Å². The highest BCUT2D eigenvalue weighted by Gasteiger charge is 2.32. The van der Waals surface area contributed by atoms with Crippen LogP contribution < -0.4 is 5.32 Å². The molecule has 2 atom stereocenters. The Morgan fingerprint density at radius 3 is 2.28 bits per heavy atom. The lowest BCUT2D eigenvalue weighted by atomic mass is 10.2. The first-order valence-corrected chi connectivity index (χ1v) is 12.1. The number of aromatic nitrogens is 2. The number of amides is 1. The second-order valence-electron chi connectivity index (χ2n) is 7.48. The zero-order valence-electron chi connectivity index (χ0n) is 17.4. The van der Waals surface area contributed by atoms with Crippen LogP contribution in [0.5, 0.6) is 0 Å². The number of carbonyl (C=O) groups is 1. The van der Waals surface area contributed by atoms with Crippen LogP contribution in [0.15, 0.2) is 62.3 Å². The molecule has 1 amide bonds. The molecular weight excluding hydrogens is 500 g/mol. The smallest absolute Gasteiger partial charge is 0.322 e. The average molecular weight is 521 g/mol. The van der Waals surface area contributed by atoms with Gasteiger partial charge < -0.3 is 9.15 Å². The maximum absolute atomic E-state index is 12.9. The topological polar surface area (TPSA) is 115 Å². The number of hydrogen-bond acceptors (Lipinski definition) is 7. The summed E-state index contributed by atoms with van der Waals surface area (Å²) in [4.78, 5) is 12.6. The van der Waals surface area contributed by atoms with Crippen molar-refractivity contribution in [2.24, 2.45) is 0 Å². The van der Waals surface area contributed by atoms with E-state index in [0.29, 0.717) is 5.56 Å². The van der Waals surface area contributed by atoms with Crippen molar-refractivity contribution >= 4 is 37.9 Å². The fourth-order valence-electron chi connectivity index (χ4n) is 3.41. The van der Waals surface area contributed by atoms with E-state index < -0.39 is 15.9 Å². The minimum atomic E-state index is -3.68. The van der Waals surface area contributed by atoms with E-state index >= 15 is 0 Å². The minimum absolute atomic E-state index is 0.0547. The Morgan fingerprint density at radius 2 is 1.66 bits per heavy atom. The third-order valence-electron chi connectivity index (χ3n) is 4.88. The number of rotatable bonds is 5. The van der Waals surface area contributed by atoms with E-state index in [1.807, 2.05) is 26.0 Å². The molecule has 1 N–H and O–H groups in total. The molecule has 3 aromatic rings. The minimum Gasteiger partial charge on any atom is -0.403 e. The molecule has 0 saturated carbocycles. The molecule has 1 saturated heterocycles. The van der Waals surface area contributed by atoms with Crippen molar-refractivity contribution in [2.45, 2.75) is 31.0 Å². The molecule has 0 radical (unpaired) electrons. The molecule has 1 aromatic heterocycles. The third kappa shape index (κ3) is 4.90. The van der Waals surface area contributed by atoms with Crippen LogP contribution in [0.3, 0.4) is 0 Å². The number of morpholine rings is 1. The molecule has 32 heavy (non-hydrogen) atoms. The fraction of sp³-hybridized carbons (Fsp3) is 0.286. The Bertz CT molecular complexity index is 1200. The Labute approximate surface area is 194 Å². The number of carbonyl (C=O) groups excluding carboxylic acids is 1. The van der Waals surface area contributed by atoms with E-state index in [0.717, 1.165) is 4.47 Å². The summed E-state index contributed by atoms with van der Waals surface area (Å²) in [5, 5.41) is 10.3. The number of anilines is 1. The number of sulfonamides is 1. The summed E-state index contributed by atoms with van der Waals surface area (Å²) in [6.07, 6.45) is -0.370. The molecule has 1 fully saturated rings. The van der Waals surface area contributed by atoms with E-state index in [-0.39, 0.29) is 47.7 Å². The van der Waals surface area contributed by atoms with Gasteiger partial charge >= 0.3 is 6.01 Å². The number of benzene rings is 2. The molecular formula is C21H21BrN4O5S. The van der Waals surface area contributed by atoms with Gasteiger partial charge in [-0.15, -0.1) is 5.10 Å². The molecule has 168 valence electrons. The van der Waals surface area contributed by atoms with E-state index in [1.165, 1.54) is 28.6 Å². The van der Waals surface area contributed by atoms with Gasteiger partial charge in [0.2, 0.25) is 15.9 Å². The first kappa shape index (κ1) is 22.6. The van der Waals surface area contributed by atoms with Crippen LogP contribution in [-0.4, -0.2) is 54.1 Å². The van der Waals surface area contributed by atoms with Crippen molar-refractivity contribution in [3.05, 3.63) is 58.6 Å². The highest BCUT2D eigenvalue weighted by molar-refractivity contribution is 9.10. The van der Waals surface area contributed by atoms with Gasteiger partial charge in [-0.1, -0.05) is 21.0 Å². The van der Waals surface area contributed by atoms with Gasteiger partial charge in [0.05, 0.1) is 17.1 Å². The summed E-state index contributed by atoms with van der Waals surface area (Å²) in [5.74, 6) is -0.225. The maximum atomic E-state index is 12.9. The molecule has 2 aromatic carbocycles. The molecule has 9 nitrogen and oxygen atoms in total. The molecule has 2 heterocycles. The van der Waals surface area contributed by atoms with Crippen LogP contribution in [0.2, 0.25) is 0 Å². The van der Waals surface area contributed by atoms with Crippen LogP contribution in [0.1, 0.15) is 24.2 Å². The lowest BCUT2D eigenvalue weighted by molar-refractivity contribution is -0.0440. The van der Waals surface area contributed by atoms with Crippen molar-refractivity contribution in [1.29, 1.82) is 0 Å². The Kier molecular flexibility index (Phi) is 6.42. The van der Waals surface area contributed by atoms with Gasteiger partial charge in [0, 0.05) is 28.7 Å². The molecule has 0 spiro atoms. The molecule has 1 aliphatic heterocycles. The second-order valence-corrected chi connectivity index (χ2v) is 10.3. The lowest BCUT2D eigenvalue weighted by Gasteiger charge is -2.34. The molecule has 0 aliphatic carbocycles. The van der Waals surface area contributed by atoms with E-state index in [1.54, 1.807) is 12.1 Å². The van der Waals surface area contributed by atoms with Gasteiger partial charge in [-0.3, -0.25) is 10.1 Å². The van der Waals surface area contributed by atoms with Crippen LogP contribution in [0.4, 0.5) is 6.01 Å². The Balaban J connectivity index is 1.45. The first-order valence-electron chi connectivity index (χ1n) is 9.89. The number of nitrogens with one attached hydrogen (secondary N) is 1. The number of halogens is 1. The summed E-state index contributed by atoms with van der Waals surface area (Å²) >= 11 is 3.36. The molecule has 2 unspecified atom stereocenters. The Morgan fingerprint density at radius 1 is 1.03 bits per heavy atom. The number of ether oxygens (including phenoxy) is 1. The number of nitrogens with zero attached hydrogens (tertiary/aromatic N) is 3. The zero-order chi connectivity index (χ0) is 22.9. The Hall–Kier alpha value is -2.60. The van der Waals surface area contributed by atoms with Gasteiger partial charge in [-0.05, 0) is 62.4 Å². The summed E-state index contributed by atoms with van der Waals surface area (Å²) in [7, 11) is -3.68. The van der Waals surface area contributed by atoms with Crippen molar-refractivity contribution in [2.75, 3.05) is 18.4 Å². The predicted octanol–water partition coefficient (Wildman–Crippen LogP) is 3.55. The van der Waals surface area contributed by atoms with Gasteiger partial charge in [0.15, 0.2) is 0 Å². The average Bonchev–Trinajstić information content (AvgIpc) is 3.22. The van der Waals surface area contributed by atoms with Gasteiger partial charge in [0.25, 0.3) is 5.91 Å². The number of hydrogen-bond donors (Lipinski definition) is 1. The maximum Gasteiger partial charge on any atom is 0.322 e. The van der Waals surface area contributed by atoms with Crippen LogP contribution in [0.25, 0.3) is 11.5 Å². The quantitative estimate of drug-likeness (QED) is 0.546. The molecule has 4 rings (SSSR count). The third-order valence-corrected chi connectivity index (χ3v) is 7.25. The van der Waals surface area contributed by atoms with Gasteiger partial charge in [0.1, 0.15) is 0 Å². The molecule has 1 aliphatic rings. The first-order chi connectivity index (χ1) is 15.2. The van der Waals surface area contributed by atoms with Crippen molar-refractivity contribution < 1.29 is 22.4 Å². The summed E-state index contributed by atoms with van der Waals surface area (Å²) in [6, 6.07) is 12.9. The van der Waals surface area contributed by atoms with Crippen molar-refractivity contribution in [3.8, 4) is 11.5 Å². The van der Waals surface area contributed by atoms with Gasteiger partial charge in [-0.25, -0.2) is 8.42 Å². The van der Waals surface area contributed by atoms with Crippen LogP contribution >= 0.6 is 15.9 Å². The molecule has 0 bridgehead atoms.